The largest absolute Gasteiger partial charge is 0.358 e. The topological polar surface area (TPSA) is 24.4 Å². The summed E-state index contributed by atoms with van der Waals surface area (Å²) in [7, 11) is 0. The van der Waals surface area contributed by atoms with Gasteiger partial charge in [0.15, 0.2) is 5.17 Å². The minimum atomic E-state index is 0.322. The molecular weight excluding hydrogens is 264 g/mol. The first-order valence-electron chi connectivity index (χ1n) is 7.68. The number of benzene rings is 1. The molecule has 2 unspecified atom stereocenters. The summed E-state index contributed by atoms with van der Waals surface area (Å²) in [6, 6.07) is 8.89. The number of amidine groups is 1. The highest BCUT2D eigenvalue weighted by Gasteiger charge is 2.26. The first-order valence-corrected chi connectivity index (χ1v) is 8.56. The van der Waals surface area contributed by atoms with Gasteiger partial charge in [0, 0.05) is 5.25 Å². The molecule has 0 amide bonds. The lowest BCUT2D eigenvalue weighted by atomic mass is 9.99. The summed E-state index contributed by atoms with van der Waals surface area (Å²) in [5.74, 6) is 0.789. The summed E-state index contributed by atoms with van der Waals surface area (Å²) in [5, 5.41) is 5.37. The molecule has 0 aliphatic carbocycles. The molecule has 0 spiro atoms. The van der Waals surface area contributed by atoms with Crippen molar-refractivity contribution in [1.29, 1.82) is 0 Å². The molecule has 1 N–H and O–H groups in total. The van der Waals surface area contributed by atoms with Crippen LogP contribution in [0.3, 0.4) is 0 Å². The molecule has 3 heteroatoms. The number of nitrogens with one attached hydrogen (secondary N) is 1. The van der Waals surface area contributed by atoms with Gasteiger partial charge in [-0.25, -0.2) is 0 Å². The quantitative estimate of drug-likeness (QED) is 0.860. The maximum Gasteiger partial charge on any atom is 0.157 e. The van der Waals surface area contributed by atoms with Crippen molar-refractivity contribution in [1.82, 2.24) is 5.32 Å². The molecule has 1 aliphatic rings. The highest BCUT2D eigenvalue weighted by atomic mass is 32.2. The second-order valence-electron chi connectivity index (χ2n) is 5.60. The van der Waals surface area contributed by atoms with Gasteiger partial charge >= 0.3 is 0 Å². The maximum atomic E-state index is 4.70. The third-order valence-corrected chi connectivity index (χ3v) is 5.55. The first kappa shape index (κ1) is 15.4. The number of nitrogens with zero attached hydrogens (tertiary/aromatic N) is 1. The van der Waals surface area contributed by atoms with Gasteiger partial charge in [-0.15, -0.1) is 0 Å². The second-order valence-corrected chi connectivity index (χ2v) is 6.83. The zero-order valence-corrected chi connectivity index (χ0v) is 13.8. The van der Waals surface area contributed by atoms with E-state index in [1.807, 2.05) is 11.8 Å². The fourth-order valence-corrected chi connectivity index (χ4v) is 4.27. The van der Waals surface area contributed by atoms with E-state index in [0.717, 1.165) is 17.6 Å². The smallest absolute Gasteiger partial charge is 0.157 e. The molecule has 0 fully saturated rings. The lowest BCUT2D eigenvalue weighted by Crippen LogP contribution is -2.25. The van der Waals surface area contributed by atoms with Gasteiger partial charge in [0.25, 0.3) is 0 Å². The third-order valence-electron chi connectivity index (χ3n) is 4.25. The number of aryl methyl sites for hydroxylation is 1. The zero-order valence-electron chi connectivity index (χ0n) is 13.0. The third kappa shape index (κ3) is 3.57. The molecule has 0 aromatic heterocycles. The van der Waals surface area contributed by atoms with Crippen LogP contribution in [0.2, 0.25) is 0 Å². The van der Waals surface area contributed by atoms with E-state index in [2.05, 4.69) is 57.3 Å². The summed E-state index contributed by atoms with van der Waals surface area (Å²) in [5.41, 5.74) is 2.70. The summed E-state index contributed by atoms with van der Waals surface area (Å²) in [6.45, 7) is 9.94. The van der Waals surface area contributed by atoms with E-state index in [1.165, 1.54) is 24.0 Å². The number of rotatable bonds is 5. The summed E-state index contributed by atoms with van der Waals surface area (Å²) < 4.78 is 0. The Balaban J connectivity index is 1.94. The van der Waals surface area contributed by atoms with Gasteiger partial charge < -0.3 is 5.32 Å². The van der Waals surface area contributed by atoms with Crippen LogP contribution in [0.4, 0.5) is 0 Å². The Morgan fingerprint density at radius 2 is 2.00 bits per heavy atom. The highest BCUT2D eigenvalue weighted by molar-refractivity contribution is 8.14. The Morgan fingerprint density at radius 3 is 2.65 bits per heavy atom. The average molecular weight is 290 g/mol. The minimum absolute atomic E-state index is 0.322. The van der Waals surface area contributed by atoms with Crippen LogP contribution in [0.15, 0.2) is 29.3 Å². The molecule has 0 radical (unpaired) electrons. The van der Waals surface area contributed by atoms with E-state index in [0.29, 0.717) is 11.3 Å². The first-order chi connectivity index (χ1) is 9.65. The fraction of sp³-hybridized carbons (Fsp3) is 0.588. The van der Waals surface area contributed by atoms with Crippen LogP contribution in [0, 0.1) is 12.8 Å². The Kier molecular flexibility index (Phi) is 5.53. The van der Waals surface area contributed by atoms with Crippen molar-refractivity contribution in [2.24, 2.45) is 10.9 Å². The standard InChI is InChI=1S/C17H26N2S/c1-5-14(6-2)16-11-18-17(20-16)19-13(4)15-10-8-7-9-12(15)3/h7-10,13-14,16H,5-6,11H2,1-4H3,(H,18,19). The van der Waals surface area contributed by atoms with Crippen LogP contribution in [0.25, 0.3) is 0 Å². The Hall–Kier alpha value is -0.960. The lowest BCUT2D eigenvalue weighted by molar-refractivity contribution is 0.479. The molecule has 1 heterocycles. The predicted octanol–water partition coefficient (Wildman–Crippen LogP) is 4.55. The lowest BCUT2D eigenvalue weighted by Gasteiger charge is -2.20. The van der Waals surface area contributed by atoms with E-state index in [-0.39, 0.29) is 0 Å². The molecule has 2 nitrogen and oxygen atoms in total. The summed E-state index contributed by atoms with van der Waals surface area (Å²) >= 11 is 1.94. The van der Waals surface area contributed by atoms with Crippen molar-refractivity contribution in [3.8, 4) is 0 Å². The van der Waals surface area contributed by atoms with Gasteiger partial charge in [-0.05, 0) is 30.9 Å². The van der Waals surface area contributed by atoms with Crippen molar-refractivity contribution in [2.75, 3.05) is 6.54 Å². The molecule has 0 saturated heterocycles. The van der Waals surface area contributed by atoms with Gasteiger partial charge in [-0.2, -0.15) is 0 Å². The number of hydrogen-bond acceptors (Lipinski definition) is 3. The SMILES string of the molecule is CCC(CC)C1CN=C(NC(C)c2ccccc2C)S1. The van der Waals surface area contributed by atoms with E-state index < -0.39 is 0 Å². The molecule has 110 valence electrons. The van der Waals surface area contributed by atoms with Crippen molar-refractivity contribution in [2.45, 2.75) is 51.8 Å². The molecule has 2 atom stereocenters. The molecule has 1 aromatic carbocycles. The average Bonchev–Trinajstić information content (AvgIpc) is 2.89. The molecular formula is C17H26N2S. The van der Waals surface area contributed by atoms with Crippen LogP contribution in [-0.4, -0.2) is 17.0 Å². The van der Waals surface area contributed by atoms with E-state index >= 15 is 0 Å². The van der Waals surface area contributed by atoms with E-state index in [4.69, 9.17) is 4.99 Å². The number of aliphatic imine (C=N–C) groups is 1. The van der Waals surface area contributed by atoms with Crippen molar-refractivity contribution in [3.63, 3.8) is 0 Å². The van der Waals surface area contributed by atoms with Gasteiger partial charge in [0.2, 0.25) is 0 Å². The van der Waals surface area contributed by atoms with Crippen molar-refractivity contribution >= 4 is 16.9 Å². The fourth-order valence-electron chi connectivity index (χ4n) is 2.87. The van der Waals surface area contributed by atoms with E-state index in [9.17, 15) is 0 Å². The number of hydrogen-bond donors (Lipinski definition) is 1. The molecule has 1 aromatic rings. The van der Waals surface area contributed by atoms with Crippen LogP contribution in [0.5, 0.6) is 0 Å². The van der Waals surface area contributed by atoms with Gasteiger partial charge in [-0.3, -0.25) is 4.99 Å². The van der Waals surface area contributed by atoms with Crippen LogP contribution >= 0.6 is 11.8 Å². The predicted molar refractivity (Wildman–Crippen MR) is 90.5 cm³/mol. The second kappa shape index (κ2) is 7.16. The summed E-state index contributed by atoms with van der Waals surface area (Å²) in [6.07, 6.45) is 2.51. The van der Waals surface area contributed by atoms with Gasteiger partial charge in [-0.1, -0.05) is 62.7 Å². The molecule has 0 bridgehead atoms. The summed E-state index contributed by atoms with van der Waals surface area (Å²) in [4.78, 5) is 4.70. The Bertz CT molecular complexity index is 466. The van der Waals surface area contributed by atoms with Crippen LogP contribution in [-0.2, 0) is 0 Å². The normalized spacial score (nSPS) is 20.1. The van der Waals surface area contributed by atoms with E-state index in [1.54, 1.807) is 0 Å². The maximum absolute atomic E-state index is 4.70. The minimum Gasteiger partial charge on any atom is -0.358 e. The molecule has 20 heavy (non-hydrogen) atoms. The van der Waals surface area contributed by atoms with Gasteiger partial charge in [0.05, 0.1) is 12.6 Å². The Morgan fingerprint density at radius 1 is 1.30 bits per heavy atom. The monoisotopic (exact) mass is 290 g/mol. The molecule has 1 aliphatic heterocycles. The van der Waals surface area contributed by atoms with Gasteiger partial charge in [0.1, 0.15) is 0 Å². The van der Waals surface area contributed by atoms with Crippen molar-refractivity contribution < 1.29 is 0 Å². The van der Waals surface area contributed by atoms with Crippen LogP contribution < -0.4 is 5.32 Å². The van der Waals surface area contributed by atoms with Crippen LogP contribution in [0.1, 0.15) is 50.8 Å². The highest BCUT2D eigenvalue weighted by Crippen LogP contribution is 2.31. The molecule has 2 rings (SSSR count). The molecule has 0 saturated carbocycles. The Labute approximate surface area is 127 Å². The van der Waals surface area contributed by atoms with Crippen molar-refractivity contribution in [3.05, 3.63) is 35.4 Å². The zero-order chi connectivity index (χ0) is 14.5. The number of thioether (sulfide) groups is 1.